The van der Waals surface area contributed by atoms with Gasteiger partial charge in [0.2, 0.25) is 5.88 Å². The van der Waals surface area contributed by atoms with Gasteiger partial charge in [0.15, 0.2) is 0 Å². The number of imidazole rings is 1. The molecule has 2 heterocycles. The van der Waals surface area contributed by atoms with Gasteiger partial charge in [0.1, 0.15) is 5.82 Å². The molecule has 1 saturated carbocycles. The standard InChI is InChI=1S/C36H32Cl2N4O3S/c37-28-15-20-31(32(38)21-28)33-22-41(29-16-18-30(19-17-29)42-23-34(43)40-46(42,44)45)36(39-33)35(26-9-5-2-6-10-26)27-13-11-25(12-14-27)24-7-3-1-4-8-24/h1,3-4,7-8,11-23,26,35,40,43H,2,5-6,9-10H2. The topological polar surface area (TPSA) is 87.5 Å². The molecule has 4 aromatic carbocycles. The van der Waals surface area contributed by atoms with Crippen LogP contribution in [0.4, 0.5) is 5.69 Å². The maximum Gasteiger partial charge on any atom is 0.330 e. The number of aliphatic hydroxyl groups is 1. The third-order valence-corrected chi connectivity index (χ3v) is 10.7. The van der Waals surface area contributed by atoms with Crippen molar-refractivity contribution in [1.29, 1.82) is 0 Å². The molecular formula is C36H32Cl2N4O3S. The van der Waals surface area contributed by atoms with Crippen molar-refractivity contribution in [1.82, 2.24) is 14.3 Å². The molecule has 7 nitrogen and oxygen atoms in total. The lowest BCUT2D eigenvalue weighted by Crippen LogP contribution is -2.29. The fraction of sp³-hybridized carbons (Fsp3) is 0.194. The molecule has 1 unspecified atom stereocenters. The average molecular weight is 672 g/mol. The van der Waals surface area contributed by atoms with E-state index in [1.54, 1.807) is 18.2 Å². The van der Waals surface area contributed by atoms with Crippen LogP contribution in [0.2, 0.25) is 10.0 Å². The molecule has 1 fully saturated rings. The minimum Gasteiger partial charge on any atom is -0.493 e. The highest BCUT2D eigenvalue weighted by Gasteiger charge is 2.32. The van der Waals surface area contributed by atoms with Crippen molar-refractivity contribution in [2.45, 2.75) is 38.0 Å². The van der Waals surface area contributed by atoms with Gasteiger partial charge in [0.05, 0.1) is 22.6 Å². The number of halogens is 2. The molecule has 1 atom stereocenters. The van der Waals surface area contributed by atoms with Gasteiger partial charge >= 0.3 is 10.2 Å². The first-order valence-corrected chi connectivity index (χ1v) is 17.5. The summed E-state index contributed by atoms with van der Waals surface area (Å²) >= 11 is 12.9. The van der Waals surface area contributed by atoms with Gasteiger partial charge in [-0.1, -0.05) is 97.1 Å². The van der Waals surface area contributed by atoms with E-state index in [2.05, 4.69) is 45.7 Å². The molecular weight excluding hydrogens is 639 g/mol. The van der Waals surface area contributed by atoms with Gasteiger partial charge in [0.25, 0.3) is 0 Å². The van der Waals surface area contributed by atoms with Crippen LogP contribution in [0.3, 0.4) is 0 Å². The number of benzene rings is 4. The Labute approximate surface area is 278 Å². The zero-order valence-electron chi connectivity index (χ0n) is 24.9. The Bertz CT molecular complexity index is 2010. The van der Waals surface area contributed by atoms with E-state index in [0.29, 0.717) is 21.7 Å². The summed E-state index contributed by atoms with van der Waals surface area (Å²) in [6, 6.07) is 31.8. The smallest absolute Gasteiger partial charge is 0.330 e. The Hall–Kier alpha value is -4.24. The summed E-state index contributed by atoms with van der Waals surface area (Å²) in [6.45, 7) is 0. The van der Waals surface area contributed by atoms with E-state index >= 15 is 0 Å². The van der Waals surface area contributed by atoms with Crippen molar-refractivity contribution >= 4 is 39.1 Å². The third kappa shape index (κ3) is 6.00. The van der Waals surface area contributed by atoms with Crippen LogP contribution < -0.4 is 9.03 Å². The van der Waals surface area contributed by atoms with Crippen LogP contribution >= 0.6 is 23.2 Å². The van der Waals surface area contributed by atoms with Crippen molar-refractivity contribution in [2.75, 3.05) is 4.31 Å². The predicted octanol–water partition coefficient (Wildman–Crippen LogP) is 9.24. The van der Waals surface area contributed by atoms with Crippen molar-refractivity contribution in [2.24, 2.45) is 5.92 Å². The van der Waals surface area contributed by atoms with E-state index in [-0.39, 0.29) is 5.92 Å². The molecule has 1 aliphatic heterocycles. The van der Waals surface area contributed by atoms with Gasteiger partial charge in [-0.25, -0.2) is 14.0 Å². The molecule has 0 amide bonds. The van der Waals surface area contributed by atoms with Crippen LogP contribution in [-0.2, 0) is 10.2 Å². The summed E-state index contributed by atoms with van der Waals surface area (Å²) < 4.78 is 30.2. The highest BCUT2D eigenvalue weighted by Crippen LogP contribution is 2.43. The zero-order chi connectivity index (χ0) is 31.8. The summed E-state index contributed by atoms with van der Waals surface area (Å²) in [6.07, 6.45) is 8.92. The molecule has 2 aliphatic rings. The zero-order valence-corrected chi connectivity index (χ0v) is 27.2. The van der Waals surface area contributed by atoms with Crippen LogP contribution in [0.25, 0.3) is 28.1 Å². The van der Waals surface area contributed by atoms with Crippen LogP contribution in [0.1, 0.15) is 49.4 Å². The lowest BCUT2D eigenvalue weighted by Gasteiger charge is -2.31. The van der Waals surface area contributed by atoms with Crippen LogP contribution in [0.15, 0.2) is 115 Å². The molecule has 0 radical (unpaired) electrons. The number of aliphatic hydroxyl groups excluding tert-OH is 1. The Balaban J connectivity index is 1.36. The lowest BCUT2D eigenvalue weighted by atomic mass is 9.76. The molecule has 2 N–H and O–H groups in total. The first-order valence-electron chi connectivity index (χ1n) is 15.3. The first kappa shape index (κ1) is 30.4. The fourth-order valence-corrected chi connectivity index (χ4v) is 8.18. The van der Waals surface area contributed by atoms with Gasteiger partial charge in [-0.3, -0.25) is 0 Å². The van der Waals surface area contributed by atoms with Crippen molar-refractivity contribution in [3.05, 3.63) is 137 Å². The summed E-state index contributed by atoms with van der Waals surface area (Å²) in [5, 5.41) is 10.9. The Morgan fingerprint density at radius 2 is 1.50 bits per heavy atom. The van der Waals surface area contributed by atoms with Crippen LogP contribution in [0.5, 0.6) is 0 Å². The Morgan fingerprint density at radius 1 is 0.826 bits per heavy atom. The predicted molar refractivity (Wildman–Crippen MR) is 185 cm³/mol. The van der Waals surface area contributed by atoms with E-state index in [1.165, 1.54) is 30.4 Å². The second-order valence-electron chi connectivity index (χ2n) is 11.8. The van der Waals surface area contributed by atoms with Crippen LogP contribution in [-0.4, -0.2) is 23.1 Å². The van der Waals surface area contributed by atoms with E-state index in [0.717, 1.165) is 51.7 Å². The monoisotopic (exact) mass is 670 g/mol. The number of anilines is 1. The van der Waals surface area contributed by atoms with Crippen molar-refractivity contribution in [3.8, 4) is 28.1 Å². The number of hydrogen-bond donors (Lipinski definition) is 2. The van der Waals surface area contributed by atoms with Crippen molar-refractivity contribution < 1.29 is 13.5 Å². The lowest BCUT2D eigenvalue weighted by molar-refractivity contribution is 0.320. The van der Waals surface area contributed by atoms with E-state index in [1.807, 2.05) is 48.7 Å². The highest BCUT2D eigenvalue weighted by atomic mass is 35.5. The number of aromatic nitrogens is 2. The summed E-state index contributed by atoms with van der Waals surface area (Å²) in [5.41, 5.74) is 6.23. The van der Waals surface area contributed by atoms with E-state index < -0.39 is 16.1 Å². The maximum absolute atomic E-state index is 12.5. The van der Waals surface area contributed by atoms with Gasteiger partial charge in [-0.15, -0.1) is 0 Å². The SMILES string of the molecule is O=S1(=O)NC(O)=CN1c1ccc(-n2cc(-c3ccc(Cl)cc3Cl)nc2C(c2ccc(-c3ccccc3)cc2)C2CCCCC2)cc1. The normalized spacial score (nSPS) is 17.0. The molecule has 46 heavy (non-hydrogen) atoms. The molecule has 1 aliphatic carbocycles. The molecule has 234 valence electrons. The molecule has 0 saturated heterocycles. The number of hydrogen-bond acceptors (Lipinski definition) is 4. The second-order valence-corrected chi connectivity index (χ2v) is 14.2. The summed E-state index contributed by atoms with van der Waals surface area (Å²) in [5.74, 6) is 0.854. The Kier molecular flexibility index (Phi) is 8.27. The molecule has 10 heteroatoms. The van der Waals surface area contributed by atoms with Gasteiger partial charge in [0, 0.05) is 28.4 Å². The van der Waals surface area contributed by atoms with Gasteiger partial charge < -0.3 is 9.67 Å². The number of rotatable bonds is 7. The first-order chi connectivity index (χ1) is 22.3. The quantitative estimate of drug-likeness (QED) is 0.181. The average Bonchev–Trinajstić information content (AvgIpc) is 3.61. The minimum absolute atomic E-state index is 0.00710. The van der Waals surface area contributed by atoms with Gasteiger partial charge in [-0.05, 0) is 77.9 Å². The van der Waals surface area contributed by atoms with E-state index in [4.69, 9.17) is 28.2 Å². The Morgan fingerprint density at radius 3 is 2.15 bits per heavy atom. The molecule has 1 aromatic heterocycles. The van der Waals surface area contributed by atoms with Crippen molar-refractivity contribution in [3.63, 3.8) is 0 Å². The molecule has 7 rings (SSSR count). The van der Waals surface area contributed by atoms with Gasteiger partial charge in [-0.2, -0.15) is 8.42 Å². The number of nitrogens with one attached hydrogen (secondary N) is 1. The summed E-state index contributed by atoms with van der Waals surface area (Å²) in [4.78, 5) is 5.29. The van der Waals surface area contributed by atoms with Crippen LogP contribution in [0, 0.1) is 5.92 Å². The number of nitrogens with zero attached hydrogens (tertiary/aromatic N) is 3. The fourth-order valence-electron chi connectivity index (χ4n) is 6.62. The molecule has 0 bridgehead atoms. The third-order valence-electron chi connectivity index (χ3n) is 8.83. The largest absolute Gasteiger partial charge is 0.493 e. The second kappa shape index (κ2) is 12.5. The maximum atomic E-state index is 12.5. The summed E-state index contributed by atoms with van der Waals surface area (Å²) in [7, 11) is -3.91. The molecule has 5 aromatic rings. The molecule has 0 spiro atoms. The highest BCUT2D eigenvalue weighted by molar-refractivity contribution is 7.91. The minimum atomic E-state index is -3.91. The van der Waals surface area contributed by atoms with E-state index in [9.17, 15) is 13.5 Å².